The van der Waals surface area contributed by atoms with Crippen molar-refractivity contribution in [3.8, 4) is 0 Å². The van der Waals surface area contributed by atoms with Crippen molar-refractivity contribution in [1.82, 2.24) is 4.31 Å². The summed E-state index contributed by atoms with van der Waals surface area (Å²) >= 11 is 6.96. The zero-order valence-electron chi connectivity index (χ0n) is 16.2. The van der Waals surface area contributed by atoms with Crippen LogP contribution in [0, 0.1) is 25.7 Å². The zero-order valence-corrected chi connectivity index (χ0v) is 18.6. The van der Waals surface area contributed by atoms with E-state index in [4.69, 9.17) is 11.6 Å². The molecule has 0 aliphatic carbocycles. The molecular weight excluding hydrogens is 416 g/mol. The largest absolute Gasteiger partial charge is 0.326 e. The number of piperidine rings is 1. The average molecular weight is 441 g/mol. The predicted octanol–water partition coefficient (Wildman–Crippen LogP) is 4.69. The van der Waals surface area contributed by atoms with E-state index >= 15 is 0 Å². The highest BCUT2D eigenvalue weighted by atomic mass is 35.5. The molecule has 2 heterocycles. The van der Waals surface area contributed by atoms with Crippen molar-refractivity contribution in [2.45, 2.75) is 37.8 Å². The fourth-order valence-corrected chi connectivity index (χ4v) is 6.80. The molecular formula is C20H25ClN2O3S2. The van der Waals surface area contributed by atoms with Crippen molar-refractivity contribution in [3.05, 3.63) is 45.8 Å². The van der Waals surface area contributed by atoms with Crippen LogP contribution in [0.1, 0.15) is 30.9 Å². The summed E-state index contributed by atoms with van der Waals surface area (Å²) in [5.41, 5.74) is 3.02. The molecule has 2 aromatic rings. The molecule has 5 nitrogen and oxygen atoms in total. The van der Waals surface area contributed by atoms with Crippen LogP contribution in [0.2, 0.25) is 4.34 Å². The maximum atomic E-state index is 12.7. The molecule has 1 aliphatic heterocycles. The summed E-state index contributed by atoms with van der Waals surface area (Å²) in [6.45, 7) is 6.77. The standard InChI is InChI=1S/C20H25ClN2O3S2/c1-13-10-14(2)12-17(11-13)22-20(24)15(3)16-6-8-23(9-7-16)28(25,26)19-5-4-18(21)27-19/h4-5,10-12,15-16H,6-9H2,1-3H3,(H,22,24). The first kappa shape index (κ1) is 21.3. The first-order valence-corrected chi connectivity index (χ1v) is 11.9. The van der Waals surface area contributed by atoms with Crippen LogP contribution in [-0.2, 0) is 14.8 Å². The van der Waals surface area contributed by atoms with Crippen molar-refractivity contribution in [2.24, 2.45) is 11.8 Å². The van der Waals surface area contributed by atoms with Gasteiger partial charge in [0.2, 0.25) is 5.91 Å². The number of carbonyl (C=O) groups excluding carboxylic acids is 1. The smallest absolute Gasteiger partial charge is 0.252 e. The number of aryl methyl sites for hydroxylation is 2. The molecule has 0 bridgehead atoms. The van der Waals surface area contributed by atoms with Gasteiger partial charge in [0.15, 0.2) is 0 Å². The van der Waals surface area contributed by atoms with Crippen molar-refractivity contribution >= 4 is 44.6 Å². The van der Waals surface area contributed by atoms with Crippen LogP contribution in [0.25, 0.3) is 0 Å². The summed E-state index contributed by atoms with van der Waals surface area (Å²) in [5, 5.41) is 3.01. The summed E-state index contributed by atoms with van der Waals surface area (Å²) in [5.74, 6) is -0.0394. The van der Waals surface area contributed by atoms with E-state index in [-0.39, 0.29) is 22.0 Å². The second-order valence-corrected chi connectivity index (χ2v) is 11.3. The van der Waals surface area contributed by atoms with Crippen LogP contribution in [-0.4, -0.2) is 31.7 Å². The Hall–Kier alpha value is -1.41. The summed E-state index contributed by atoms with van der Waals surface area (Å²) in [7, 11) is -3.50. The van der Waals surface area contributed by atoms with Crippen molar-refractivity contribution in [2.75, 3.05) is 18.4 Å². The number of hydrogen-bond donors (Lipinski definition) is 1. The number of amides is 1. The molecule has 3 rings (SSSR count). The highest BCUT2D eigenvalue weighted by molar-refractivity contribution is 7.91. The van der Waals surface area contributed by atoms with Gasteiger partial charge >= 0.3 is 0 Å². The van der Waals surface area contributed by atoms with Gasteiger partial charge in [-0.25, -0.2) is 8.42 Å². The minimum atomic E-state index is -3.50. The van der Waals surface area contributed by atoms with Crippen LogP contribution in [0.5, 0.6) is 0 Å². The Labute approximate surface area is 175 Å². The van der Waals surface area contributed by atoms with Gasteiger partial charge in [0.05, 0.1) is 4.34 Å². The van der Waals surface area contributed by atoms with Gasteiger partial charge in [-0.2, -0.15) is 4.31 Å². The molecule has 1 N–H and O–H groups in total. The highest BCUT2D eigenvalue weighted by Crippen LogP contribution is 2.32. The van der Waals surface area contributed by atoms with Crippen LogP contribution in [0.15, 0.2) is 34.5 Å². The molecule has 1 aromatic carbocycles. The lowest BCUT2D eigenvalue weighted by Crippen LogP contribution is -2.41. The molecule has 152 valence electrons. The Morgan fingerprint density at radius 2 is 1.79 bits per heavy atom. The zero-order chi connectivity index (χ0) is 20.5. The molecule has 1 saturated heterocycles. The molecule has 0 spiro atoms. The van der Waals surface area contributed by atoms with E-state index in [1.807, 2.05) is 32.9 Å². The number of benzene rings is 1. The summed E-state index contributed by atoms with van der Waals surface area (Å²) in [4.78, 5) is 12.7. The van der Waals surface area contributed by atoms with Gasteiger partial charge in [-0.15, -0.1) is 11.3 Å². The van der Waals surface area contributed by atoms with Crippen LogP contribution in [0.4, 0.5) is 5.69 Å². The molecule has 1 aliphatic rings. The minimum absolute atomic E-state index is 0.0173. The Kier molecular flexibility index (Phi) is 6.49. The summed E-state index contributed by atoms with van der Waals surface area (Å²) in [6.07, 6.45) is 1.33. The maximum Gasteiger partial charge on any atom is 0.252 e. The number of rotatable bonds is 5. The van der Waals surface area contributed by atoms with Gasteiger partial charge in [-0.05, 0) is 68.0 Å². The fraction of sp³-hybridized carbons (Fsp3) is 0.450. The first-order chi connectivity index (χ1) is 13.2. The SMILES string of the molecule is Cc1cc(C)cc(NC(=O)C(C)C2CCN(S(=O)(=O)c3ccc(Cl)s3)CC2)c1. The Morgan fingerprint density at radius 3 is 2.32 bits per heavy atom. The molecule has 8 heteroatoms. The third-order valence-electron chi connectivity index (χ3n) is 5.25. The molecule has 1 atom stereocenters. The minimum Gasteiger partial charge on any atom is -0.326 e. The topological polar surface area (TPSA) is 66.5 Å². The molecule has 1 aromatic heterocycles. The number of anilines is 1. The summed E-state index contributed by atoms with van der Waals surface area (Å²) < 4.78 is 27.7. The van der Waals surface area contributed by atoms with Gasteiger partial charge in [0.1, 0.15) is 4.21 Å². The molecule has 1 fully saturated rings. The van der Waals surface area contributed by atoms with E-state index in [0.717, 1.165) is 28.2 Å². The third-order valence-corrected chi connectivity index (χ3v) is 8.85. The number of thiophene rings is 1. The normalized spacial score (nSPS) is 17.4. The number of nitrogens with zero attached hydrogens (tertiary/aromatic N) is 1. The number of carbonyl (C=O) groups is 1. The van der Waals surface area contributed by atoms with E-state index in [1.165, 1.54) is 4.31 Å². The second-order valence-electron chi connectivity index (χ2n) is 7.45. The van der Waals surface area contributed by atoms with Gasteiger partial charge in [-0.3, -0.25) is 4.79 Å². The Bertz CT molecular complexity index is 943. The number of sulfonamides is 1. The monoisotopic (exact) mass is 440 g/mol. The van der Waals surface area contributed by atoms with Crippen molar-refractivity contribution < 1.29 is 13.2 Å². The second kappa shape index (κ2) is 8.53. The Balaban J connectivity index is 1.60. The number of halogens is 1. The molecule has 1 unspecified atom stereocenters. The quantitative estimate of drug-likeness (QED) is 0.733. The van der Waals surface area contributed by atoms with E-state index in [0.29, 0.717) is 30.3 Å². The molecule has 1 amide bonds. The third kappa shape index (κ3) is 4.76. The lowest BCUT2D eigenvalue weighted by atomic mass is 9.85. The highest BCUT2D eigenvalue weighted by Gasteiger charge is 2.34. The van der Waals surface area contributed by atoms with Crippen LogP contribution >= 0.6 is 22.9 Å². The van der Waals surface area contributed by atoms with Gasteiger partial charge in [0.25, 0.3) is 10.0 Å². The van der Waals surface area contributed by atoms with E-state index in [2.05, 4.69) is 11.4 Å². The fourth-order valence-electron chi connectivity index (χ4n) is 3.70. The average Bonchev–Trinajstić information content (AvgIpc) is 3.07. The van der Waals surface area contributed by atoms with E-state index in [1.54, 1.807) is 12.1 Å². The van der Waals surface area contributed by atoms with Gasteiger partial charge in [-0.1, -0.05) is 24.6 Å². The van der Waals surface area contributed by atoms with Crippen LogP contribution < -0.4 is 5.32 Å². The van der Waals surface area contributed by atoms with Crippen molar-refractivity contribution in [3.63, 3.8) is 0 Å². The lowest BCUT2D eigenvalue weighted by Gasteiger charge is -2.33. The first-order valence-electron chi connectivity index (χ1n) is 9.31. The number of nitrogens with one attached hydrogen (secondary N) is 1. The molecule has 0 radical (unpaired) electrons. The lowest BCUT2D eigenvalue weighted by molar-refractivity contribution is -0.121. The predicted molar refractivity (Wildman–Crippen MR) is 115 cm³/mol. The molecule has 28 heavy (non-hydrogen) atoms. The molecule has 0 saturated carbocycles. The maximum absolute atomic E-state index is 12.7. The van der Waals surface area contributed by atoms with Gasteiger partial charge in [0, 0.05) is 24.7 Å². The van der Waals surface area contributed by atoms with Gasteiger partial charge < -0.3 is 5.32 Å². The summed E-state index contributed by atoms with van der Waals surface area (Å²) in [6, 6.07) is 9.13. The van der Waals surface area contributed by atoms with E-state index in [9.17, 15) is 13.2 Å². The number of hydrogen-bond acceptors (Lipinski definition) is 4. The van der Waals surface area contributed by atoms with Crippen molar-refractivity contribution in [1.29, 1.82) is 0 Å². The van der Waals surface area contributed by atoms with Crippen LogP contribution in [0.3, 0.4) is 0 Å². The van der Waals surface area contributed by atoms with E-state index < -0.39 is 10.0 Å². The Morgan fingerprint density at radius 1 is 1.18 bits per heavy atom.